The van der Waals surface area contributed by atoms with Crippen LogP contribution in [-0.2, 0) is 6.54 Å². The first-order valence-electron chi connectivity index (χ1n) is 5.71. The molecule has 0 unspecified atom stereocenters. The molecule has 0 amide bonds. The molecule has 0 aliphatic heterocycles. The Morgan fingerprint density at radius 1 is 1.13 bits per heavy atom. The van der Waals surface area contributed by atoms with Gasteiger partial charge in [0.1, 0.15) is 17.5 Å². The molecule has 1 aliphatic rings. The van der Waals surface area contributed by atoms with E-state index in [-0.39, 0.29) is 0 Å². The highest BCUT2D eigenvalue weighted by Crippen LogP contribution is 2.30. The van der Waals surface area contributed by atoms with Gasteiger partial charge in [-0.1, -0.05) is 19.3 Å². The van der Waals surface area contributed by atoms with E-state index >= 15 is 0 Å². The maximum Gasteiger partial charge on any atom is 0.146 e. The maximum absolute atomic E-state index is 5.56. The van der Waals surface area contributed by atoms with Gasteiger partial charge in [0, 0.05) is 5.92 Å². The fourth-order valence-electron chi connectivity index (χ4n) is 2.19. The predicted octanol–water partition coefficient (Wildman–Crippen LogP) is 1.69. The molecule has 0 spiro atoms. The zero-order valence-electron chi connectivity index (χ0n) is 9.24. The fraction of sp³-hybridized carbons (Fsp3) is 0.727. The molecular formula is C11H18N4. The van der Waals surface area contributed by atoms with E-state index in [4.69, 9.17) is 5.73 Å². The summed E-state index contributed by atoms with van der Waals surface area (Å²) in [5.41, 5.74) is 5.56. The molecule has 1 aliphatic carbocycles. The van der Waals surface area contributed by atoms with Crippen LogP contribution in [0.1, 0.15) is 55.5 Å². The number of hydrogen-bond donors (Lipinski definition) is 1. The molecule has 0 radical (unpaired) electrons. The Labute approximate surface area is 90.3 Å². The minimum atomic E-state index is 0.406. The molecule has 82 valence electrons. The van der Waals surface area contributed by atoms with Gasteiger partial charge in [0.05, 0.1) is 6.54 Å². The Bertz CT molecular complexity index is 331. The summed E-state index contributed by atoms with van der Waals surface area (Å²) in [4.78, 5) is 13.1. The topological polar surface area (TPSA) is 64.7 Å². The molecule has 1 heterocycles. The van der Waals surface area contributed by atoms with Crippen LogP contribution in [0, 0.1) is 6.92 Å². The summed E-state index contributed by atoms with van der Waals surface area (Å²) in [5, 5.41) is 0. The Hall–Kier alpha value is -1.03. The number of nitrogens with two attached hydrogens (primary N) is 1. The second-order valence-electron chi connectivity index (χ2n) is 4.20. The minimum absolute atomic E-state index is 0.406. The fourth-order valence-corrected chi connectivity index (χ4v) is 2.19. The maximum atomic E-state index is 5.56. The van der Waals surface area contributed by atoms with Gasteiger partial charge >= 0.3 is 0 Å². The third-order valence-electron chi connectivity index (χ3n) is 2.96. The van der Waals surface area contributed by atoms with E-state index in [2.05, 4.69) is 15.0 Å². The number of hydrogen-bond acceptors (Lipinski definition) is 4. The lowest BCUT2D eigenvalue weighted by atomic mass is 9.89. The molecule has 15 heavy (non-hydrogen) atoms. The van der Waals surface area contributed by atoms with Gasteiger partial charge < -0.3 is 5.73 Å². The van der Waals surface area contributed by atoms with Crippen molar-refractivity contribution in [3.8, 4) is 0 Å². The first-order valence-corrected chi connectivity index (χ1v) is 5.71. The van der Waals surface area contributed by atoms with Gasteiger partial charge in [-0.15, -0.1) is 0 Å². The van der Waals surface area contributed by atoms with E-state index < -0.39 is 0 Å². The summed E-state index contributed by atoms with van der Waals surface area (Å²) in [5.74, 6) is 3.02. The van der Waals surface area contributed by atoms with Crippen LogP contribution in [0.2, 0.25) is 0 Å². The molecule has 4 nitrogen and oxygen atoms in total. The van der Waals surface area contributed by atoms with Gasteiger partial charge in [-0.05, 0) is 19.8 Å². The Morgan fingerprint density at radius 2 is 1.87 bits per heavy atom. The summed E-state index contributed by atoms with van der Waals surface area (Å²) in [7, 11) is 0. The third kappa shape index (κ3) is 2.50. The number of aryl methyl sites for hydroxylation is 1. The quantitative estimate of drug-likeness (QED) is 0.799. The van der Waals surface area contributed by atoms with Crippen molar-refractivity contribution in [3.63, 3.8) is 0 Å². The third-order valence-corrected chi connectivity index (χ3v) is 2.96. The van der Waals surface area contributed by atoms with E-state index in [0.29, 0.717) is 12.5 Å². The molecule has 0 saturated heterocycles. The highest BCUT2D eigenvalue weighted by atomic mass is 15.0. The summed E-state index contributed by atoms with van der Waals surface area (Å²) in [6.45, 7) is 2.32. The second kappa shape index (κ2) is 4.66. The van der Waals surface area contributed by atoms with Crippen molar-refractivity contribution < 1.29 is 0 Å². The largest absolute Gasteiger partial charge is 0.324 e. The Balaban J connectivity index is 2.22. The molecular weight excluding hydrogens is 188 g/mol. The van der Waals surface area contributed by atoms with E-state index in [1.54, 1.807) is 0 Å². The lowest BCUT2D eigenvalue weighted by molar-refractivity contribution is 0.425. The predicted molar refractivity (Wildman–Crippen MR) is 58.3 cm³/mol. The van der Waals surface area contributed by atoms with Gasteiger partial charge in [-0.3, -0.25) is 0 Å². The van der Waals surface area contributed by atoms with Gasteiger partial charge in [-0.25, -0.2) is 15.0 Å². The molecule has 1 aromatic heterocycles. The average molecular weight is 206 g/mol. The van der Waals surface area contributed by atoms with Gasteiger partial charge in [0.25, 0.3) is 0 Å². The zero-order valence-corrected chi connectivity index (χ0v) is 9.24. The van der Waals surface area contributed by atoms with Crippen LogP contribution in [0.15, 0.2) is 0 Å². The average Bonchev–Trinajstić information content (AvgIpc) is 2.29. The van der Waals surface area contributed by atoms with Crippen LogP contribution < -0.4 is 5.73 Å². The minimum Gasteiger partial charge on any atom is -0.324 e. The van der Waals surface area contributed by atoms with E-state index in [1.165, 1.54) is 32.1 Å². The molecule has 1 fully saturated rings. The summed E-state index contributed by atoms with van der Waals surface area (Å²) < 4.78 is 0. The molecule has 0 aromatic carbocycles. The molecule has 2 N–H and O–H groups in total. The highest BCUT2D eigenvalue weighted by molar-refractivity contribution is 5.02. The number of aromatic nitrogens is 3. The first kappa shape index (κ1) is 10.5. The molecule has 0 atom stereocenters. The Kier molecular flexibility index (Phi) is 3.26. The molecule has 1 saturated carbocycles. The summed E-state index contributed by atoms with van der Waals surface area (Å²) >= 11 is 0. The van der Waals surface area contributed by atoms with E-state index in [0.717, 1.165) is 17.5 Å². The van der Waals surface area contributed by atoms with Crippen LogP contribution in [0.3, 0.4) is 0 Å². The summed E-state index contributed by atoms with van der Waals surface area (Å²) in [6.07, 6.45) is 6.38. The van der Waals surface area contributed by atoms with Crippen LogP contribution in [0.25, 0.3) is 0 Å². The van der Waals surface area contributed by atoms with Gasteiger partial charge in [0.2, 0.25) is 0 Å². The van der Waals surface area contributed by atoms with Crippen LogP contribution in [-0.4, -0.2) is 15.0 Å². The van der Waals surface area contributed by atoms with Crippen molar-refractivity contribution in [1.29, 1.82) is 0 Å². The first-order chi connectivity index (χ1) is 7.29. The number of rotatable bonds is 2. The smallest absolute Gasteiger partial charge is 0.146 e. The van der Waals surface area contributed by atoms with Crippen molar-refractivity contribution in [2.45, 2.75) is 51.5 Å². The monoisotopic (exact) mass is 206 g/mol. The molecule has 0 bridgehead atoms. The van der Waals surface area contributed by atoms with Crippen LogP contribution >= 0.6 is 0 Å². The standard InChI is InChI=1S/C11H18N4/c1-8-13-10(7-12)15-11(14-8)9-5-3-2-4-6-9/h9H,2-7,12H2,1H3. The van der Waals surface area contributed by atoms with Crippen molar-refractivity contribution in [3.05, 3.63) is 17.5 Å². The zero-order chi connectivity index (χ0) is 10.7. The Morgan fingerprint density at radius 3 is 2.53 bits per heavy atom. The molecule has 1 aromatic rings. The summed E-state index contributed by atoms with van der Waals surface area (Å²) in [6, 6.07) is 0. The lowest BCUT2D eigenvalue weighted by Gasteiger charge is -2.20. The molecule has 2 rings (SSSR count). The van der Waals surface area contributed by atoms with Crippen molar-refractivity contribution in [1.82, 2.24) is 15.0 Å². The number of nitrogens with zero attached hydrogens (tertiary/aromatic N) is 3. The van der Waals surface area contributed by atoms with Crippen molar-refractivity contribution in [2.75, 3.05) is 0 Å². The van der Waals surface area contributed by atoms with E-state index in [1.807, 2.05) is 6.92 Å². The SMILES string of the molecule is Cc1nc(CN)nc(C2CCCCC2)n1. The van der Waals surface area contributed by atoms with Crippen molar-refractivity contribution >= 4 is 0 Å². The normalized spacial score (nSPS) is 18.0. The van der Waals surface area contributed by atoms with Crippen LogP contribution in [0.4, 0.5) is 0 Å². The van der Waals surface area contributed by atoms with Gasteiger partial charge in [-0.2, -0.15) is 0 Å². The lowest BCUT2D eigenvalue weighted by Crippen LogP contribution is -2.14. The molecule has 4 heteroatoms. The van der Waals surface area contributed by atoms with Crippen molar-refractivity contribution in [2.24, 2.45) is 5.73 Å². The highest BCUT2D eigenvalue weighted by Gasteiger charge is 2.18. The second-order valence-corrected chi connectivity index (χ2v) is 4.20. The van der Waals surface area contributed by atoms with Gasteiger partial charge in [0.15, 0.2) is 0 Å². The van der Waals surface area contributed by atoms with E-state index in [9.17, 15) is 0 Å². The van der Waals surface area contributed by atoms with Crippen LogP contribution in [0.5, 0.6) is 0 Å².